The van der Waals surface area contributed by atoms with Crippen molar-refractivity contribution in [1.82, 2.24) is 15.1 Å². The predicted octanol–water partition coefficient (Wildman–Crippen LogP) is 1.55. The van der Waals surface area contributed by atoms with Crippen molar-refractivity contribution in [3.63, 3.8) is 0 Å². The zero-order valence-corrected chi connectivity index (χ0v) is 11.9. The van der Waals surface area contributed by atoms with Crippen molar-refractivity contribution < 1.29 is 14.3 Å². The number of hydrogen-bond donors (Lipinski definition) is 1. The molecule has 1 atom stereocenters. The summed E-state index contributed by atoms with van der Waals surface area (Å²) in [5, 5.41) is 6.87. The third kappa shape index (κ3) is 3.68. The maximum atomic E-state index is 12.0. The fraction of sp³-hybridized carbons (Fsp3) is 0.267. The van der Waals surface area contributed by atoms with Crippen molar-refractivity contribution >= 4 is 11.9 Å². The summed E-state index contributed by atoms with van der Waals surface area (Å²) >= 11 is 0. The predicted molar refractivity (Wildman–Crippen MR) is 76.6 cm³/mol. The second kappa shape index (κ2) is 6.69. The Kier molecular flexibility index (Phi) is 4.71. The van der Waals surface area contributed by atoms with Gasteiger partial charge in [0.2, 0.25) is 5.91 Å². The van der Waals surface area contributed by atoms with Crippen LogP contribution in [0.3, 0.4) is 0 Å². The number of nitrogens with zero attached hydrogens (tertiary/aromatic N) is 2. The number of ether oxygens (including phenoxy) is 1. The Labute approximate surface area is 122 Å². The highest BCUT2D eigenvalue weighted by Gasteiger charge is 2.14. The molecule has 21 heavy (non-hydrogen) atoms. The summed E-state index contributed by atoms with van der Waals surface area (Å²) < 4.78 is 6.22. The highest BCUT2D eigenvalue weighted by atomic mass is 16.5. The largest absolute Gasteiger partial charge is 0.465 e. The van der Waals surface area contributed by atoms with E-state index in [0.29, 0.717) is 12.1 Å². The molecule has 110 valence electrons. The second-order valence-corrected chi connectivity index (χ2v) is 4.57. The minimum atomic E-state index is -0.377. The molecule has 0 bridgehead atoms. The number of methoxy groups -OCH3 is 1. The molecule has 1 N–H and O–H groups in total. The normalized spacial score (nSPS) is 11.7. The molecule has 2 aromatic rings. The topological polar surface area (TPSA) is 73.2 Å². The number of esters is 1. The summed E-state index contributed by atoms with van der Waals surface area (Å²) in [7, 11) is 1.34. The summed E-state index contributed by atoms with van der Waals surface area (Å²) in [5.41, 5.74) is 1.39. The van der Waals surface area contributed by atoms with Crippen LogP contribution in [0.25, 0.3) is 0 Å². The summed E-state index contributed by atoms with van der Waals surface area (Å²) in [6, 6.07) is 8.31. The number of aromatic nitrogens is 2. The minimum Gasteiger partial charge on any atom is -0.465 e. The molecule has 6 nitrogen and oxygen atoms in total. The molecule has 0 aliphatic heterocycles. The first-order valence-electron chi connectivity index (χ1n) is 6.56. The van der Waals surface area contributed by atoms with Crippen LogP contribution in [0.5, 0.6) is 0 Å². The lowest BCUT2D eigenvalue weighted by molar-refractivity contribution is -0.124. The fourth-order valence-corrected chi connectivity index (χ4v) is 1.84. The number of nitrogens with one attached hydrogen (secondary N) is 1. The highest BCUT2D eigenvalue weighted by molar-refractivity contribution is 5.89. The van der Waals surface area contributed by atoms with Crippen LogP contribution in [0, 0.1) is 0 Å². The molecule has 0 aliphatic carbocycles. The van der Waals surface area contributed by atoms with E-state index in [2.05, 4.69) is 15.2 Å². The van der Waals surface area contributed by atoms with E-state index in [1.165, 1.54) is 7.11 Å². The average molecular weight is 287 g/mol. The van der Waals surface area contributed by atoms with Gasteiger partial charge in [-0.2, -0.15) is 5.10 Å². The highest BCUT2D eigenvalue weighted by Crippen LogP contribution is 2.07. The molecule has 2 rings (SSSR count). The van der Waals surface area contributed by atoms with Crippen molar-refractivity contribution in [1.29, 1.82) is 0 Å². The van der Waals surface area contributed by atoms with Crippen molar-refractivity contribution in [3.05, 3.63) is 53.9 Å². The van der Waals surface area contributed by atoms with E-state index in [1.54, 1.807) is 54.3 Å². The maximum Gasteiger partial charge on any atom is 0.337 e. The molecule has 0 saturated heterocycles. The van der Waals surface area contributed by atoms with E-state index in [4.69, 9.17) is 0 Å². The zero-order valence-electron chi connectivity index (χ0n) is 11.9. The molecule has 0 saturated carbocycles. The summed E-state index contributed by atoms with van der Waals surface area (Å²) in [4.78, 5) is 23.3. The summed E-state index contributed by atoms with van der Waals surface area (Å²) in [5.74, 6) is -0.492. The van der Waals surface area contributed by atoms with Gasteiger partial charge >= 0.3 is 5.97 Å². The Balaban J connectivity index is 1.91. The molecule has 0 fully saturated rings. The van der Waals surface area contributed by atoms with Gasteiger partial charge in [-0.25, -0.2) is 4.79 Å². The molecule has 0 radical (unpaired) electrons. The molecule has 0 spiro atoms. The Hall–Kier alpha value is -2.63. The first-order valence-corrected chi connectivity index (χ1v) is 6.56. The van der Waals surface area contributed by atoms with Gasteiger partial charge < -0.3 is 10.1 Å². The molecular weight excluding hydrogens is 270 g/mol. The van der Waals surface area contributed by atoms with Crippen molar-refractivity contribution in [2.75, 3.05) is 7.11 Å². The van der Waals surface area contributed by atoms with Crippen molar-refractivity contribution in [2.45, 2.75) is 19.5 Å². The Morgan fingerprint density at radius 1 is 1.33 bits per heavy atom. The quantitative estimate of drug-likeness (QED) is 0.847. The monoisotopic (exact) mass is 287 g/mol. The lowest BCUT2D eigenvalue weighted by Crippen LogP contribution is -2.30. The van der Waals surface area contributed by atoms with E-state index in [1.807, 2.05) is 0 Å². The molecule has 1 unspecified atom stereocenters. The first-order chi connectivity index (χ1) is 10.1. The number of amides is 1. The van der Waals surface area contributed by atoms with E-state index in [0.717, 1.165) is 5.56 Å². The maximum absolute atomic E-state index is 12.0. The molecule has 6 heteroatoms. The molecule has 0 aliphatic rings. The first kappa shape index (κ1) is 14.8. The lowest BCUT2D eigenvalue weighted by atomic mass is 10.1. The van der Waals surface area contributed by atoms with Crippen LogP contribution in [0.2, 0.25) is 0 Å². The summed E-state index contributed by atoms with van der Waals surface area (Å²) in [6.45, 7) is 2.18. The number of hydrogen-bond acceptors (Lipinski definition) is 4. The molecule has 1 amide bonds. The fourth-order valence-electron chi connectivity index (χ4n) is 1.84. The molecular formula is C15H17N3O3. The third-order valence-electron chi connectivity index (χ3n) is 3.14. The average Bonchev–Trinajstić information content (AvgIpc) is 3.06. The van der Waals surface area contributed by atoms with Gasteiger partial charge in [0.1, 0.15) is 6.04 Å². The number of benzene rings is 1. The van der Waals surface area contributed by atoms with Crippen LogP contribution in [-0.4, -0.2) is 28.8 Å². The van der Waals surface area contributed by atoms with E-state index in [-0.39, 0.29) is 17.9 Å². The lowest BCUT2D eigenvalue weighted by Gasteiger charge is -2.12. The van der Waals surface area contributed by atoms with Crippen molar-refractivity contribution in [3.8, 4) is 0 Å². The van der Waals surface area contributed by atoms with Crippen LogP contribution in [0.1, 0.15) is 28.9 Å². The van der Waals surface area contributed by atoms with Gasteiger partial charge in [0.25, 0.3) is 0 Å². The SMILES string of the molecule is COC(=O)c1ccc(CNC(=O)C(C)n2cccn2)cc1. The van der Waals surface area contributed by atoms with Crippen LogP contribution >= 0.6 is 0 Å². The van der Waals surface area contributed by atoms with Crippen LogP contribution in [0.15, 0.2) is 42.7 Å². The van der Waals surface area contributed by atoms with E-state index in [9.17, 15) is 9.59 Å². The Morgan fingerprint density at radius 3 is 2.62 bits per heavy atom. The van der Waals surface area contributed by atoms with Gasteiger partial charge in [-0.05, 0) is 30.7 Å². The second-order valence-electron chi connectivity index (χ2n) is 4.57. The van der Waals surface area contributed by atoms with Gasteiger partial charge in [-0.1, -0.05) is 12.1 Å². The minimum absolute atomic E-state index is 0.115. The smallest absolute Gasteiger partial charge is 0.337 e. The standard InChI is InChI=1S/C15H17N3O3/c1-11(18-9-3-8-17-18)14(19)16-10-12-4-6-13(7-5-12)15(20)21-2/h3-9,11H,10H2,1-2H3,(H,16,19). The van der Waals surface area contributed by atoms with Crippen LogP contribution < -0.4 is 5.32 Å². The van der Waals surface area contributed by atoms with Crippen molar-refractivity contribution in [2.24, 2.45) is 0 Å². The zero-order chi connectivity index (χ0) is 15.2. The number of rotatable bonds is 5. The number of carbonyl (C=O) groups excluding carboxylic acids is 2. The molecule has 1 aromatic heterocycles. The van der Waals surface area contributed by atoms with Gasteiger partial charge in [0.15, 0.2) is 0 Å². The Bertz CT molecular complexity index is 606. The molecule has 1 aromatic carbocycles. The van der Waals surface area contributed by atoms with Gasteiger partial charge in [-0.15, -0.1) is 0 Å². The van der Waals surface area contributed by atoms with Crippen LogP contribution in [0.4, 0.5) is 0 Å². The van der Waals surface area contributed by atoms with Gasteiger partial charge in [0.05, 0.1) is 12.7 Å². The number of carbonyl (C=O) groups is 2. The van der Waals surface area contributed by atoms with Gasteiger partial charge in [-0.3, -0.25) is 9.48 Å². The van der Waals surface area contributed by atoms with Crippen LogP contribution in [-0.2, 0) is 16.1 Å². The third-order valence-corrected chi connectivity index (χ3v) is 3.14. The van der Waals surface area contributed by atoms with Gasteiger partial charge in [0, 0.05) is 18.9 Å². The summed E-state index contributed by atoms with van der Waals surface area (Å²) in [6.07, 6.45) is 3.38. The molecule has 1 heterocycles. The van der Waals surface area contributed by atoms with E-state index >= 15 is 0 Å². The Morgan fingerprint density at radius 2 is 2.05 bits per heavy atom. The van der Waals surface area contributed by atoms with E-state index < -0.39 is 0 Å².